The molecule has 0 radical (unpaired) electrons. The molecular weight excluding hydrogens is 286 g/mol. The molecule has 1 aromatic rings. The molecule has 1 aromatic carbocycles. The molecule has 0 saturated heterocycles. The topological polar surface area (TPSA) is 55.4 Å². The fourth-order valence-electron chi connectivity index (χ4n) is 1.20. The highest BCUT2D eigenvalue weighted by molar-refractivity contribution is 9.10. The molecule has 92 valence electrons. The normalized spacial score (nSPS) is 10.8. The van der Waals surface area contributed by atoms with E-state index in [9.17, 15) is 9.59 Å². The number of halogens is 1. The van der Waals surface area contributed by atoms with Gasteiger partial charge in [0, 0.05) is 10.2 Å². The number of amides is 1. The van der Waals surface area contributed by atoms with Crippen LogP contribution >= 0.6 is 15.9 Å². The van der Waals surface area contributed by atoms with Crippen molar-refractivity contribution in [2.24, 2.45) is 5.41 Å². The average Bonchev–Trinajstić information content (AvgIpc) is 2.27. The third-order valence-corrected chi connectivity index (χ3v) is 2.84. The lowest BCUT2D eigenvalue weighted by Crippen LogP contribution is -2.38. The van der Waals surface area contributed by atoms with Gasteiger partial charge >= 0.3 is 5.97 Å². The van der Waals surface area contributed by atoms with Gasteiger partial charge < -0.3 is 10.1 Å². The summed E-state index contributed by atoms with van der Waals surface area (Å²) in [6, 6.07) is 7.15. The molecule has 0 spiro atoms. The molecule has 0 saturated carbocycles. The summed E-state index contributed by atoms with van der Waals surface area (Å²) in [5.74, 6) is -0.965. The van der Waals surface area contributed by atoms with Crippen molar-refractivity contribution in [2.45, 2.75) is 13.8 Å². The second-order valence-electron chi connectivity index (χ2n) is 4.08. The lowest BCUT2D eigenvalue weighted by molar-refractivity contribution is -0.154. The molecular formula is C12H14BrNO3. The van der Waals surface area contributed by atoms with Crippen LogP contribution in [0.4, 0.5) is 5.69 Å². The maximum Gasteiger partial charge on any atom is 0.320 e. The van der Waals surface area contributed by atoms with E-state index in [-0.39, 0.29) is 0 Å². The summed E-state index contributed by atoms with van der Waals surface area (Å²) in [6.07, 6.45) is 0. The van der Waals surface area contributed by atoms with Crippen molar-refractivity contribution in [3.8, 4) is 0 Å². The van der Waals surface area contributed by atoms with Crippen LogP contribution in [0.25, 0.3) is 0 Å². The first kappa shape index (κ1) is 13.7. The van der Waals surface area contributed by atoms with Gasteiger partial charge in [0.2, 0.25) is 5.91 Å². The van der Waals surface area contributed by atoms with Crippen molar-refractivity contribution >= 4 is 33.5 Å². The Labute approximate surface area is 108 Å². The number of ether oxygens (including phenoxy) is 1. The molecule has 1 amide bonds. The number of carbonyl (C=O) groups is 2. The Morgan fingerprint density at radius 1 is 1.35 bits per heavy atom. The molecule has 1 N–H and O–H groups in total. The summed E-state index contributed by atoms with van der Waals surface area (Å²) >= 11 is 3.30. The molecule has 0 bridgehead atoms. The van der Waals surface area contributed by atoms with E-state index < -0.39 is 17.3 Å². The van der Waals surface area contributed by atoms with Crippen LogP contribution in [0.15, 0.2) is 28.7 Å². The minimum absolute atomic E-state index is 0.401. The third kappa shape index (κ3) is 3.30. The van der Waals surface area contributed by atoms with Crippen LogP contribution in [0.2, 0.25) is 0 Å². The predicted octanol–water partition coefficient (Wildman–Crippen LogP) is 2.59. The van der Waals surface area contributed by atoms with Crippen LogP contribution in [-0.2, 0) is 14.3 Å². The molecule has 5 heteroatoms. The van der Waals surface area contributed by atoms with Gasteiger partial charge in [-0.25, -0.2) is 0 Å². The molecule has 0 aliphatic carbocycles. The minimum Gasteiger partial charge on any atom is -0.468 e. The van der Waals surface area contributed by atoms with Gasteiger partial charge in [0.1, 0.15) is 5.41 Å². The Kier molecular flexibility index (Phi) is 4.28. The number of hydrogen-bond acceptors (Lipinski definition) is 3. The number of carbonyl (C=O) groups excluding carboxylic acids is 2. The van der Waals surface area contributed by atoms with Gasteiger partial charge in [-0.2, -0.15) is 0 Å². The summed E-state index contributed by atoms with van der Waals surface area (Å²) in [4.78, 5) is 23.4. The zero-order valence-corrected chi connectivity index (χ0v) is 11.5. The number of nitrogens with one attached hydrogen (secondary N) is 1. The van der Waals surface area contributed by atoms with E-state index in [1.54, 1.807) is 18.2 Å². The summed E-state index contributed by atoms with van der Waals surface area (Å²) in [5.41, 5.74) is -0.585. The molecule has 0 aromatic heterocycles. The van der Waals surface area contributed by atoms with E-state index >= 15 is 0 Å². The molecule has 0 heterocycles. The first-order valence-corrected chi connectivity index (χ1v) is 5.82. The van der Waals surface area contributed by atoms with E-state index in [0.29, 0.717) is 5.69 Å². The molecule has 4 nitrogen and oxygen atoms in total. The zero-order chi connectivity index (χ0) is 13.1. The lowest BCUT2D eigenvalue weighted by atomic mass is 9.92. The average molecular weight is 300 g/mol. The Bertz CT molecular complexity index is 443. The molecule has 0 aliphatic heterocycles. The van der Waals surface area contributed by atoms with Gasteiger partial charge in [0.25, 0.3) is 0 Å². The maximum absolute atomic E-state index is 11.9. The van der Waals surface area contributed by atoms with E-state index in [0.717, 1.165) is 4.47 Å². The van der Waals surface area contributed by atoms with E-state index in [2.05, 4.69) is 26.0 Å². The van der Waals surface area contributed by atoms with Crippen LogP contribution in [0.3, 0.4) is 0 Å². The maximum atomic E-state index is 11.9. The van der Waals surface area contributed by atoms with E-state index in [4.69, 9.17) is 0 Å². The molecule has 0 atom stereocenters. The summed E-state index contributed by atoms with van der Waals surface area (Å²) < 4.78 is 5.44. The zero-order valence-electron chi connectivity index (χ0n) is 9.91. The van der Waals surface area contributed by atoms with Gasteiger partial charge in [-0.3, -0.25) is 9.59 Å². The Morgan fingerprint density at radius 2 is 2.00 bits per heavy atom. The molecule has 1 rings (SSSR count). The fraction of sp³-hybridized carbons (Fsp3) is 0.333. The number of benzene rings is 1. The van der Waals surface area contributed by atoms with Gasteiger partial charge in [-0.15, -0.1) is 0 Å². The summed E-state index contributed by atoms with van der Waals surface area (Å²) in [6.45, 7) is 3.04. The van der Waals surface area contributed by atoms with Gasteiger partial charge in [-0.05, 0) is 32.0 Å². The highest BCUT2D eigenvalue weighted by Crippen LogP contribution is 2.22. The van der Waals surface area contributed by atoms with Crippen molar-refractivity contribution < 1.29 is 14.3 Å². The summed E-state index contributed by atoms with van der Waals surface area (Å²) in [5, 5.41) is 2.67. The smallest absolute Gasteiger partial charge is 0.320 e. The van der Waals surface area contributed by atoms with Gasteiger partial charge in [-0.1, -0.05) is 22.0 Å². The Balaban J connectivity index is 2.82. The van der Waals surface area contributed by atoms with Gasteiger partial charge in [0.05, 0.1) is 7.11 Å². The number of rotatable bonds is 3. The third-order valence-electron chi connectivity index (χ3n) is 2.35. The highest BCUT2D eigenvalue weighted by Gasteiger charge is 2.37. The first-order chi connectivity index (χ1) is 7.87. The highest BCUT2D eigenvalue weighted by atomic mass is 79.9. The lowest BCUT2D eigenvalue weighted by Gasteiger charge is -2.20. The van der Waals surface area contributed by atoms with E-state index in [1.165, 1.54) is 21.0 Å². The fourth-order valence-corrected chi connectivity index (χ4v) is 1.60. The number of anilines is 1. The van der Waals surface area contributed by atoms with Crippen molar-refractivity contribution in [1.29, 1.82) is 0 Å². The van der Waals surface area contributed by atoms with Crippen LogP contribution in [0, 0.1) is 5.41 Å². The quantitative estimate of drug-likeness (QED) is 0.689. The second kappa shape index (κ2) is 5.31. The summed E-state index contributed by atoms with van der Waals surface area (Å²) in [7, 11) is 1.26. The number of esters is 1. The van der Waals surface area contributed by atoms with Crippen LogP contribution in [0.1, 0.15) is 13.8 Å². The number of methoxy groups -OCH3 is 1. The van der Waals surface area contributed by atoms with Crippen molar-refractivity contribution in [1.82, 2.24) is 0 Å². The van der Waals surface area contributed by atoms with E-state index in [1.807, 2.05) is 6.07 Å². The van der Waals surface area contributed by atoms with Gasteiger partial charge in [0.15, 0.2) is 0 Å². The molecule has 0 unspecified atom stereocenters. The van der Waals surface area contributed by atoms with Crippen molar-refractivity contribution in [2.75, 3.05) is 12.4 Å². The minimum atomic E-state index is -1.21. The standard InChI is InChI=1S/C12H14BrNO3/c1-12(2,11(16)17-3)10(15)14-9-6-4-5-8(13)7-9/h4-7H,1-3H3,(H,14,15). The van der Waals surface area contributed by atoms with Crippen LogP contribution < -0.4 is 5.32 Å². The molecule has 17 heavy (non-hydrogen) atoms. The largest absolute Gasteiger partial charge is 0.468 e. The Morgan fingerprint density at radius 3 is 2.53 bits per heavy atom. The monoisotopic (exact) mass is 299 g/mol. The molecule has 0 fully saturated rings. The molecule has 0 aliphatic rings. The first-order valence-electron chi connectivity index (χ1n) is 5.03. The Hall–Kier alpha value is -1.36. The van der Waals surface area contributed by atoms with Crippen LogP contribution in [-0.4, -0.2) is 19.0 Å². The van der Waals surface area contributed by atoms with Crippen molar-refractivity contribution in [3.05, 3.63) is 28.7 Å². The van der Waals surface area contributed by atoms with Crippen LogP contribution in [0.5, 0.6) is 0 Å². The number of hydrogen-bond donors (Lipinski definition) is 1. The SMILES string of the molecule is COC(=O)C(C)(C)C(=O)Nc1cccc(Br)c1. The second-order valence-corrected chi connectivity index (χ2v) is 5.00. The predicted molar refractivity (Wildman–Crippen MR) is 68.6 cm³/mol. The van der Waals surface area contributed by atoms with Crippen molar-refractivity contribution in [3.63, 3.8) is 0 Å².